The van der Waals surface area contributed by atoms with Crippen LogP contribution in [0, 0.1) is 5.82 Å². The van der Waals surface area contributed by atoms with Crippen molar-refractivity contribution >= 4 is 33.5 Å². The minimum absolute atomic E-state index is 0.00829. The molecule has 2 N–H and O–H groups in total. The number of hydrogen-bond acceptors (Lipinski definition) is 4. The lowest BCUT2D eigenvalue weighted by molar-refractivity contribution is 0.204. The van der Waals surface area contributed by atoms with E-state index in [0.717, 1.165) is 5.69 Å². The van der Waals surface area contributed by atoms with Gasteiger partial charge in [-0.2, -0.15) is 5.10 Å². The first-order chi connectivity index (χ1) is 12.9. The molecule has 0 spiro atoms. The van der Waals surface area contributed by atoms with Crippen molar-refractivity contribution in [3.8, 4) is 0 Å². The summed E-state index contributed by atoms with van der Waals surface area (Å²) in [5.41, 5.74) is 1.68. The minimum Gasteiger partial charge on any atom is -0.389 e. The van der Waals surface area contributed by atoms with Crippen molar-refractivity contribution < 1.29 is 18.7 Å². The molecule has 27 heavy (non-hydrogen) atoms. The van der Waals surface area contributed by atoms with Gasteiger partial charge >= 0.3 is 6.03 Å². The molecule has 0 radical (unpaired) electrons. The van der Waals surface area contributed by atoms with Crippen molar-refractivity contribution in [1.82, 2.24) is 19.7 Å². The predicted molar refractivity (Wildman–Crippen MR) is 97.0 cm³/mol. The van der Waals surface area contributed by atoms with Crippen LogP contribution in [0.4, 0.5) is 19.3 Å². The normalized spacial score (nSPS) is 19.0. The summed E-state index contributed by atoms with van der Waals surface area (Å²) in [4.78, 5) is 17.8. The van der Waals surface area contributed by atoms with Gasteiger partial charge in [-0.3, -0.25) is 4.68 Å². The van der Waals surface area contributed by atoms with Gasteiger partial charge in [-0.15, -0.1) is 0 Å². The van der Waals surface area contributed by atoms with Crippen LogP contribution in [-0.4, -0.2) is 43.5 Å². The molecule has 0 saturated carbocycles. The Morgan fingerprint density at radius 3 is 3.00 bits per heavy atom. The molecule has 10 heteroatoms. The molecule has 2 aromatic rings. The Morgan fingerprint density at radius 1 is 1.37 bits per heavy atom. The van der Waals surface area contributed by atoms with Crippen LogP contribution in [0.25, 0.3) is 5.83 Å². The zero-order valence-corrected chi connectivity index (χ0v) is 15.7. The van der Waals surface area contributed by atoms with E-state index in [2.05, 4.69) is 31.3 Å². The topological polar surface area (TPSA) is 83.3 Å². The summed E-state index contributed by atoms with van der Waals surface area (Å²) in [6.45, 7) is 0.939. The third kappa shape index (κ3) is 3.34. The number of nitrogens with one attached hydrogen (secondary N) is 1. The highest BCUT2D eigenvalue weighted by atomic mass is 79.9. The van der Waals surface area contributed by atoms with E-state index in [0.29, 0.717) is 37.2 Å². The van der Waals surface area contributed by atoms with E-state index in [4.69, 9.17) is 0 Å². The summed E-state index contributed by atoms with van der Waals surface area (Å²) in [5.74, 6) is -1.20. The van der Waals surface area contributed by atoms with Crippen LogP contribution < -0.4 is 5.32 Å². The first-order valence-corrected chi connectivity index (χ1v) is 9.23. The molecule has 0 aliphatic carbocycles. The van der Waals surface area contributed by atoms with E-state index in [1.807, 2.05) is 0 Å². The Morgan fingerprint density at radius 2 is 2.19 bits per heavy atom. The van der Waals surface area contributed by atoms with Crippen molar-refractivity contribution in [1.29, 1.82) is 0 Å². The summed E-state index contributed by atoms with van der Waals surface area (Å²) in [6.07, 6.45) is 2.53. The summed E-state index contributed by atoms with van der Waals surface area (Å²) >= 11 is 2.98. The molecule has 4 rings (SSSR count). The first-order valence-electron chi connectivity index (χ1n) is 8.44. The molecule has 2 aliphatic rings. The second kappa shape index (κ2) is 7.01. The van der Waals surface area contributed by atoms with Crippen molar-refractivity contribution in [3.63, 3.8) is 0 Å². The number of nitrogens with zero attached hydrogens (tertiary/aromatic N) is 4. The first kappa shape index (κ1) is 18.1. The van der Waals surface area contributed by atoms with E-state index in [-0.39, 0.29) is 16.8 Å². The van der Waals surface area contributed by atoms with Crippen LogP contribution in [0.2, 0.25) is 0 Å². The lowest BCUT2D eigenvalue weighted by Crippen LogP contribution is -2.39. The number of anilines is 1. The molecule has 2 aromatic heterocycles. The number of carbonyl (C=O) groups is 1. The third-order valence-electron chi connectivity index (χ3n) is 4.68. The van der Waals surface area contributed by atoms with E-state index < -0.39 is 23.8 Å². The molecule has 0 fully saturated rings. The molecule has 2 aliphatic heterocycles. The van der Waals surface area contributed by atoms with Gasteiger partial charge in [0.15, 0.2) is 5.82 Å². The smallest absolute Gasteiger partial charge is 0.322 e. The minimum atomic E-state index is -0.863. The van der Waals surface area contributed by atoms with E-state index in [9.17, 15) is 18.7 Å². The lowest BCUT2D eigenvalue weighted by Gasteiger charge is -2.27. The number of aliphatic hydroxyl groups is 1. The number of fused-ring (bicyclic) bond motifs is 3. The van der Waals surface area contributed by atoms with E-state index >= 15 is 0 Å². The number of carbonyl (C=O) groups excluding carboxylic acids is 1. The number of hydrogen-bond donors (Lipinski definition) is 2. The van der Waals surface area contributed by atoms with Gasteiger partial charge in [-0.05, 0) is 34.5 Å². The Kier molecular flexibility index (Phi) is 4.68. The molecule has 0 aromatic carbocycles. The van der Waals surface area contributed by atoms with Crippen LogP contribution in [0.1, 0.15) is 23.4 Å². The molecular formula is C17H16BrF2N5O2. The predicted octanol–water partition coefficient (Wildman–Crippen LogP) is 2.84. The summed E-state index contributed by atoms with van der Waals surface area (Å²) in [7, 11) is 0. The van der Waals surface area contributed by atoms with E-state index in [1.54, 1.807) is 4.68 Å². The number of aryl methyl sites for hydroxylation is 1. The van der Waals surface area contributed by atoms with Crippen molar-refractivity contribution in [2.45, 2.75) is 32.0 Å². The zero-order chi connectivity index (χ0) is 19.1. The van der Waals surface area contributed by atoms with Crippen molar-refractivity contribution in [2.24, 2.45) is 0 Å². The fourth-order valence-electron chi connectivity index (χ4n) is 3.32. The number of rotatable bonds is 1. The van der Waals surface area contributed by atoms with Crippen LogP contribution in [0.15, 0.2) is 22.9 Å². The van der Waals surface area contributed by atoms with Crippen LogP contribution in [-0.2, 0) is 19.5 Å². The molecule has 1 atom stereocenters. The molecule has 1 unspecified atom stereocenters. The van der Waals surface area contributed by atoms with Gasteiger partial charge in [-0.25, -0.2) is 18.6 Å². The van der Waals surface area contributed by atoms with Gasteiger partial charge in [0, 0.05) is 31.3 Å². The third-order valence-corrected chi connectivity index (χ3v) is 5.23. The number of aromatic nitrogens is 3. The summed E-state index contributed by atoms with van der Waals surface area (Å²) < 4.78 is 30.1. The quantitative estimate of drug-likeness (QED) is 0.669. The van der Waals surface area contributed by atoms with Crippen molar-refractivity contribution in [2.75, 3.05) is 11.9 Å². The molecule has 0 bridgehead atoms. The highest BCUT2D eigenvalue weighted by molar-refractivity contribution is 9.10. The van der Waals surface area contributed by atoms with E-state index in [1.165, 1.54) is 23.2 Å². The maximum Gasteiger partial charge on any atom is 0.322 e. The second-order valence-corrected chi connectivity index (χ2v) is 7.18. The fourth-order valence-corrected chi connectivity index (χ4v) is 3.66. The molecule has 2 amide bonds. The number of amides is 2. The molecule has 142 valence electrons. The van der Waals surface area contributed by atoms with Gasteiger partial charge in [0.25, 0.3) is 0 Å². The largest absolute Gasteiger partial charge is 0.389 e. The van der Waals surface area contributed by atoms with Gasteiger partial charge in [0.2, 0.25) is 0 Å². The molecule has 7 nitrogen and oxygen atoms in total. The SMILES string of the molecule is O=C(Nc1ccnc(Br)c1F)N1CCc2nn3c(c2C1)C(F)=CC(O)CC3. The van der Waals surface area contributed by atoms with Crippen LogP contribution in [0.3, 0.4) is 0 Å². The number of pyridine rings is 1. The molecular weight excluding hydrogens is 424 g/mol. The van der Waals surface area contributed by atoms with Gasteiger partial charge < -0.3 is 15.3 Å². The van der Waals surface area contributed by atoms with Gasteiger partial charge in [-0.1, -0.05) is 0 Å². The number of halogens is 3. The highest BCUT2D eigenvalue weighted by Crippen LogP contribution is 2.31. The fraction of sp³-hybridized carbons (Fsp3) is 0.353. The molecule has 4 heterocycles. The Labute approximate surface area is 161 Å². The van der Waals surface area contributed by atoms with Gasteiger partial charge in [0.05, 0.1) is 24.0 Å². The highest BCUT2D eigenvalue weighted by Gasteiger charge is 2.30. The standard InChI is InChI=1S/C17H16BrF2N5O2/c18-16-14(20)13(1-4-21-16)22-17(27)24-5-3-12-10(8-24)15-11(19)7-9(26)2-6-25(15)23-12/h1,4,7,9,26H,2-3,5-6,8H2,(H,21,22,27). The lowest BCUT2D eigenvalue weighted by atomic mass is 10.0. The molecule has 0 saturated heterocycles. The van der Waals surface area contributed by atoms with Gasteiger partial charge in [0.1, 0.15) is 16.1 Å². The maximum atomic E-state index is 14.5. The van der Waals surface area contributed by atoms with Crippen LogP contribution in [0.5, 0.6) is 0 Å². The average molecular weight is 440 g/mol. The summed E-state index contributed by atoms with van der Waals surface area (Å²) in [5, 5.41) is 16.7. The van der Waals surface area contributed by atoms with Crippen LogP contribution >= 0.6 is 15.9 Å². The Bertz CT molecular complexity index is 946. The maximum absolute atomic E-state index is 14.5. The monoisotopic (exact) mass is 439 g/mol. The number of aliphatic hydroxyl groups excluding tert-OH is 1. The zero-order valence-electron chi connectivity index (χ0n) is 14.1. The Hall–Kier alpha value is -2.33. The summed E-state index contributed by atoms with van der Waals surface area (Å²) in [6, 6.07) is 0.874. The average Bonchev–Trinajstić information content (AvgIpc) is 2.94. The number of urea groups is 1. The Balaban J connectivity index is 1.58. The van der Waals surface area contributed by atoms with Crippen molar-refractivity contribution in [3.05, 3.63) is 45.7 Å². The second-order valence-electron chi connectivity index (χ2n) is 6.43.